The fourth-order valence-electron chi connectivity index (χ4n) is 5.36. The highest BCUT2D eigenvalue weighted by Gasteiger charge is 2.49. The van der Waals surface area contributed by atoms with E-state index in [0.717, 1.165) is 38.7 Å². The maximum Gasteiger partial charge on any atom is 0.258 e. The third-order valence-corrected chi connectivity index (χ3v) is 6.71. The van der Waals surface area contributed by atoms with Crippen LogP contribution in [-0.4, -0.2) is 11.0 Å². The molecule has 4 aromatic rings. The summed E-state index contributed by atoms with van der Waals surface area (Å²) in [6.45, 7) is 8.35. The first-order valence-corrected chi connectivity index (χ1v) is 11.0. The van der Waals surface area contributed by atoms with Crippen LogP contribution in [0.25, 0.3) is 10.8 Å². The summed E-state index contributed by atoms with van der Waals surface area (Å²) in [4.78, 5) is 16.0. The highest BCUT2D eigenvalue weighted by Crippen LogP contribution is 2.55. The molecule has 0 fully saturated rings. The Bertz CT molecular complexity index is 1350. The monoisotopic (exact) mass is 421 g/mol. The second kappa shape index (κ2) is 7.23. The molecule has 1 amide bonds. The van der Waals surface area contributed by atoms with Crippen LogP contribution in [-0.2, 0) is 5.41 Å². The highest BCUT2D eigenvalue weighted by molar-refractivity contribution is 6.09. The first-order chi connectivity index (χ1) is 15.3. The molecule has 1 N–H and O–H groups in total. The van der Waals surface area contributed by atoms with Gasteiger partial charge in [0.15, 0.2) is 0 Å². The molecule has 1 heterocycles. The SMILES string of the molecule is Cc1cc(C)cc(C(=O)N2c3ccccc3C(C)(C)[C@H]2c2c(O)ccc3ccccc23)c1. The van der Waals surface area contributed by atoms with Gasteiger partial charge in [0.05, 0.1) is 6.04 Å². The van der Waals surface area contributed by atoms with Gasteiger partial charge in [0.2, 0.25) is 0 Å². The fourth-order valence-corrected chi connectivity index (χ4v) is 5.36. The maximum atomic E-state index is 14.1. The van der Waals surface area contributed by atoms with Crippen LogP contribution in [0.5, 0.6) is 5.75 Å². The normalized spacial score (nSPS) is 16.9. The van der Waals surface area contributed by atoms with Gasteiger partial charge in [0, 0.05) is 22.2 Å². The summed E-state index contributed by atoms with van der Waals surface area (Å²) in [5.41, 5.74) is 5.19. The lowest BCUT2D eigenvalue weighted by atomic mass is 9.76. The molecule has 0 aromatic heterocycles. The van der Waals surface area contributed by atoms with E-state index in [4.69, 9.17) is 0 Å². The summed E-state index contributed by atoms with van der Waals surface area (Å²) in [6.07, 6.45) is 0. The summed E-state index contributed by atoms with van der Waals surface area (Å²) in [7, 11) is 0. The number of benzene rings is 4. The van der Waals surface area contributed by atoms with Gasteiger partial charge in [-0.3, -0.25) is 9.69 Å². The number of para-hydroxylation sites is 1. The van der Waals surface area contributed by atoms with E-state index in [1.165, 1.54) is 0 Å². The van der Waals surface area contributed by atoms with Crippen LogP contribution in [0.4, 0.5) is 5.69 Å². The minimum Gasteiger partial charge on any atom is -0.508 e. The van der Waals surface area contributed by atoms with E-state index in [9.17, 15) is 9.90 Å². The van der Waals surface area contributed by atoms with E-state index in [2.05, 4.69) is 26.0 Å². The molecule has 0 bridgehead atoms. The standard InChI is InChI=1S/C29H27NO2/c1-18-15-19(2)17-21(16-18)28(32)30-24-12-8-7-11-23(24)29(3,4)27(30)26-22-10-6-5-9-20(22)13-14-25(26)31/h5-17,27,31H,1-4H3/t27-/m1/s1. The zero-order valence-electron chi connectivity index (χ0n) is 18.9. The van der Waals surface area contributed by atoms with Crippen molar-refractivity contribution in [2.75, 3.05) is 4.90 Å². The highest BCUT2D eigenvalue weighted by atomic mass is 16.3. The van der Waals surface area contributed by atoms with Gasteiger partial charge in [0.25, 0.3) is 5.91 Å². The molecule has 0 spiro atoms. The number of fused-ring (bicyclic) bond motifs is 2. The number of phenols is 1. The second-order valence-corrected chi connectivity index (χ2v) is 9.41. The van der Waals surface area contributed by atoms with E-state index in [0.29, 0.717) is 5.56 Å². The molecule has 1 aliphatic heterocycles. The smallest absolute Gasteiger partial charge is 0.258 e. The van der Waals surface area contributed by atoms with Gasteiger partial charge in [-0.25, -0.2) is 0 Å². The number of carbonyl (C=O) groups is 1. The van der Waals surface area contributed by atoms with Crippen molar-refractivity contribution in [3.8, 4) is 5.75 Å². The number of nitrogens with zero attached hydrogens (tertiary/aromatic N) is 1. The van der Waals surface area contributed by atoms with E-state index in [1.807, 2.05) is 79.4 Å². The van der Waals surface area contributed by atoms with Crippen LogP contribution in [0.3, 0.4) is 0 Å². The van der Waals surface area contributed by atoms with E-state index in [-0.39, 0.29) is 17.7 Å². The molecular weight excluding hydrogens is 394 g/mol. The molecule has 0 aliphatic carbocycles. The molecule has 0 saturated carbocycles. The van der Waals surface area contributed by atoms with Crippen molar-refractivity contribution in [3.05, 3.63) is 107 Å². The molecule has 5 rings (SSSR count). The first-order valence-electron chi connectivity index (χ1n) is 11.0. The molecular formula is C29H27NO2. The number of hydrogen-bond donors (Lipinski definition) is 1. The van der Waals surface area contributed by atoms with Gasteiger partial charge >= 0.3 is 0 Å². The lowest BCUT2D eigenvalue weighted by molar-refractivity contribution is 0.0971. The number of aryl methyl sites for hydroxylation is 2. The summed E-state index contributed by atoms with van der Waals surface area (Å²) in [6, 6.07) is 25.5. The lowest BCUT2D eigenvalue weighted by Crippen LogP contribution is -2.38. The van der Waals surface area contributed by atoms with Crippen LogP contribution in [0.15, 0.2) is 78.9 Å². The molecule has 3 heteroatoms. The van der Waals surface area contributed by atoms with Crippen molar-refractivity contribution < 1.29 is 9.90 Å². The van der Waals surface area contributed by atoms with Crippen LogP contribution in [0, 0.1) is 13.8 Å². The molecule has 1 aliphatic rings. The van der Waals surface area contributed by atoms with E-state index in [1.54, 1.807) is 6.07 Å². The van der Waals surface area contributed by atoms with Crippen LogP contribution >= 0.6 is 0 Å². The summed E-state index contributed by atoms with van der Waals surface area (Å²) in [5, 5.41) is 13.1. The Labute approximate surface area is 188 Å². The Morgan fingerprint density at radius 2 is 1.53 bits per heavy atom. The molecule has 0 unspecified atom stereocenters. The van der Waals surface area contributed by atoms with E-state index >= 15 is 0 Å². The fraction of sp³-hybridized carbons (Fsp3) is 0.207. The topological polar surface area (TPSA) is 40.5 Å². The van der Waals surface area contributed by atoms with Crippen LogP contribution in [0.1, 0.15) is 52.5 Å². The van der Waals surface area contributed by atoms with Crippen molar-refractivity contribution in [2.45, 2.75) is 39.2 Å². The molecule has 160 valence electrons. The number of amides is 1. The average molecular weight is 422 g/mol. The average Bonchev–Trinajstić information content (AvgIpc) is 3.00. The zero-order valence-corrected chi connectivity index (χ0v) is 18.9. The summed E-state index contributed by atoms with van der Waals surface area (Å²) >= 11 is 0. The maximum absolute atomic E-state index is 14.1. The minimum absolute atomic E-state index is 0.0489. The summed E-state index contributed by atoms with van der Waals surface area (Å²) < 4.78 is 0. The predicted molar refractivity (Wildman–Crippen MR) is 131 cm³/mol. The van der Waals surface area contributed by atoms with Gasteiger partial charge in [-0.1, -0.05) is 79.6 Å². The number of anilines is 1. The van der Waals surface area contributed by atoms with Crippen molar-refractivity contribution >= 4 is 22.4 Å². The minimum atomic E-state index is -0.396. The Hall–Kier alpha value is -3.59. The van der Waals surface area contributed by atoms with Crippen molar-refractivity contribution in [2.24, 2.45) is 0 Å². The predicted octanol–water partition coefficient (Wildman–Crippen LogP) is 6.84. The van der Waals surface area contributed by atoms with Crippen LogP contribution in [0.2, 0.25) is 0 Å². The van der Waals surface area contributed by atoms with Gasteiger partial charge < -0.3 is 5.11 Å². The third-order valence-electron chi connectivity index (χ3n) is 6.71. The largest absolute Gasteiger partial charge is 0.508 e. The Morgan fingerprint density at radius 1 is 0.875 bits per heavy atom. The Morgan fingerprint density at radius 3 is 2.28 bits per heavy atom. The van der Waals surface area contributed by atoms with Gasteiger partial charge in [-0.2, -0.15) is 0 Å². The molecule has 1 atom stereocenters. The zero-order chi connectivity index (χ0) is 22.6. The number of rotatable bonds is 2. The Balaban J connectivity index is 1.80. The van der Waals surface area contributed by atoms with Gasteiger partial charge in [0.1, 0.15) is 5.75 Å². The number of hydrogen-bond acceptors (Lipinski definition) is 2. The van der Waals surface area contributed by atoms with Crippen LogP contribution < -0.4 is 4.90 Å². The molecule has 4 aromatic carbocycles. The number of carbonyl (C=O) groups excluding carboxylic acids is 1. The second-order valence-electron chi connectivity index (χ2n) is 9.41. The molecule has 32 heavy (non-hydrogen) atoms. The number of phenolic OH excluding ortho intramolecular Hbond substituents is 1. The first kappa shape index (κ1) is 20.3. The summed E-state index contributed by atoms with van der Waals surface area (Å²) in [5.74, 6) is 0.167. The molecule has 0 radical (unpaired) electrons. The third kappa shape index (κ3) is 3.00. The number of aromatic hydroxyl groups is 1. The van der Waals surface area contributed by atoms with Gasteiger partial charge in [-0.05, 0) is 54.4 Å². The van der Waals surface area contributed by atoms with Crippen molar-refractivity contribution in [1.29, 1.82) is 0 Å². The molecule has 3 nitrogen and oxygen atoms in total. The molecule has 0 saturated heterocycles. The van der Waals surface area contributed by atoms with E-state index < -0.39 is 5.41 Å². The van der Waals surface area contributed by atoms with Gasteiger partial charge in [-0.15, -0.1) is 0 Å². The lowest BCUT2D eigenvalue weighted by Gasteiger charge is -2.35. The quantitative estimate of drug-likeness (QED) is 0.385. The van der Waals surface area contributed by atoms with Crippen molar-refractivity contribution in [1.82, 2.24) is 0 Å². The Kier molecular flexibility index (Phi) is 4.59. The van der Waals surface area contributed by atoms with Crippen molar-refractivity contribution in [3.63, 3.8) is 0 Å².